The Labute approximate surface area is 119 Å². The SMILES string of the molecule is CCCc1nnsc1-c1nc(-c2cccc(N)c2)no1. The smallest absolute Gasteiger partial charge is 0.271 e. The molecule has 2 heterocycles. The standard InChI is InChI=1S/C13H13N5OS/c1-2-4-10-11(20-18-16-10)13-15-12(17-19-13)8-5-3-6-9(14)7-8/h3,5-7H,2,4,14H2,1H3. The Bertz CT molecular complexity index is 721. The number of hydrogen-bond donors (Lipinski definition) is 1. The molecule has 1 aromatic carbocycles. The van der Waals surface area contributed by atoms with Gasteiger partial charge in [0.05, 0.1) is 5.69 Å². The maximum Gasteiger partial charge on any atom is 0.271 e. The lowest BCUT2D eigenvalue weighted by Crippen LogP contribution is -1.88. The van der Waals surface area contributed by atoms with E-state index in [4.69, 9.17) is 10.3 Å². The molecule has 0 aliphatic rings. The van der Waals surface area contributed by atoms with Gasteiger partial charge in [-0.1, -0.05) is 35.1 Å². The normalized spacial score (nSPS) is 10.8. The van der Waals surface area contributed by atoms with Crippen molar-refractivity contribution < 1.29 is 4.52 Å². The van der Waals surface area contributed by atoms with Crippen molar-refractivity contribution in [1.29, 1.82) is 0 Å². The molecule has 0 aliphatic heterocycles. The summed E-state index contributed by atoms with van der Waals surface area (Å²) in [7, 11) is 0. The number of benzene rings is 1. The van der Waals surface area contributed by atoms with Crippen molar-refractivity contribution in [2.45, 2.75) is 19.8 Å². The molecule has 0 bridgehead atoms. The van der Waals surface area contributed by atoms with Gasteiger partial charge in [0.2, 0.25) is 5.82 Å². The Hall–Kier alpha value is -2.28. The molecule has 0 spiro atoms. The van der Waals surface area contributed by atoms with E-state index in [2.05, 4.69) is 26.7 Å². The van der Waals surface area contributed by atoms with Crippen LogP contribution in [0.5, 0.6) is 0 Å². The molecule has 0 aliphatic carbocycles. The highest BCUT2D eigenvalue weighted by molar-refractivity contribution is 7.09. The molecule has 102 valence electrons. The highest BCUT2D eigenvalue weighted by Crippen LogP contribution is 2.28. The average molecular weight is 287 g/mol. The summed E-state index contributed by atoms with van der Waals surface area (Å²) in [6.45, 7) is 2.09. The summed E-state index contributed by atoms with van der Waals surface area (Å²) in [4.78, 5) is 5.25. The van der Waals surface area contributed by atoms with Gasteiger partial charge in [-0.2, -0.15) is 4.98 Å². The van der Waals surface area contributed by atoms with E-state index in [1.54, 1.807) is 0 Å². The molecule has 0 fully saturated rings. The number of rotatable bonds is 4. The molecule has 3 rings (SSSR count). The van der Waals surface area contributed by atoms with Crippen LogP contribution in [0.3, 0.4) is 0 Å². The molecule has 2 aromatic heterocycles. The van der Waals surface area contributed by atoms with Crippen LogP contribution in [0.25, 0.3) is 22.2 Å². The highest BCUT2D eigenvalue weighted by atomic mass is 32.1. The molecule has 0 saturated heterocycles. The number of aromatic nitrogens is 4. The summed E-state index contributed by atoms with van der Waals surface area (Å²) >= 11 is 1.27. The van der Waals surface area contributed by atoms with Crippen LogP contribution in [0.2, 0.25) is 0 Å². The predicted octanol–water partition coefficient (Wildman–Crippen LogP) is 2.79. The van der Waals surface area contributed by atoms with Gasteiger partial charge in [-0.25, -0.2) is 0 Å². The first-order chi connectivity index (χ1) is 9.78. The topological polar surface area (TPSA) is 90.7 Å². The van der Waals surface area contributed by atoms with Crippen LogP contribution in [-0.4, -0.2) is 19.7 Å². The number of anilines is 1. The van der Waals surface area contributed by atoms with E-state index in [0.29, 0.717) is 17.4 Å². The fraction of sp³-hybridized carbons (Fsp3) is 0.231. The van der Waals surface area contributed by atoms with E-state index in [-0.39, 0.29) is 0 Å². The Morgan fingerprint density at radius 1 is 1.35 bits per heavy atom. The van der Waals surface area contributed by atoms with Crippen LogP contribution in [-0.2, 0) is 6.42 Å². The van der Waals surface area contributed by atoms with Gasteiger partial charge < -0.3 is 10.3 Å². The largest absolute Gasteiger partial charge is 0.399 e. The van der Waals surface area contributed by atoms with Gasteiger partial charge in [-0.05, 0) is 30.1 Å². The molecule has 6 nitrogen and oxygen atoms in total. The maximum atomic E-state index is 5.76. The molecule has 0 atom stereocenters. The molecule has 0 radical (unpaired) electrons. The third-order valence-corrected chi connectivity index (χ3v) is 3.56. The maximum absolute atomic E-state index is 5.76. The van der Waals surface area contributed by atoms with Crippen molar-refractivity contribution in [2.75, 3.05) is 5.73 Å². The van der Waals surface area contributed by atoms with Gasteiger partial charge in [0.15, 0.2) is 0 Å². The zero-order valence-corrected chi connectivity index (χ0v) is 11.7. The highest BCUT2D eigenvalue weighted by Gasteiger charge is 2.17. The van der Waals surface area contributed by atoms with Gasteiger partial charge in [-0.3, -0.25) is 0 Å². The van der Waals surface area contributed by atoms with E-state index in [1.807, 2.05) is 24.3 Å². The van der Waals surface area contributed by atoms with Crippen molar-refractivity contribution in [3.63, 3.8) is 0 Å². The van der Waals surface area contributed by atoms with Crippen LogP contribution in [0.4, 0.5) is 5.69 Å². The van der Waals surface area contributed by atoms with Crippen LogP contribution < -0.4 is 5.73 Å². The molecule has 7 heteroatoms. The summed E-state index contributed by atoms with van der Waals surface area (Å²) in [6, 6.07) is 7.38. The van der Waals surface area contributed by atoms with Crippen LogP contribution in [0.1, 0.15) is 19.0 Å². The van der Waals surface area contributed by atoms with Crippen LogP contribution in [0.15, 0.2) is 28.8 Å². The van der Waals surface area contributed by atoms with E-state index in [0.717, 1.165) is 29.0 Å². The molecule has 3 aromatic rings. The first-order valence-electron chi connectivity index (χ1n) is 6.29. The predicted molar refractivity (Wildman–Crippen MR) is 77.0 cm³/mol. The van der Waals surface area contributed by atoms with Crippen molar-refractivity contribution in [3.05, 3.63) is 30.0 Å². The summed E-state index contributed by atoms with van der Waals surface area (Å²) in [5.74, 6) is 0.976. The van der Waals surface area contributed by atoms with E-state index in [9.17, 15) is 0 Å². The molecule has 0 amide bonds. The minimum Gasteiger partial charge on any atom is -0.399 e. The Balaban J connectivity index is 1.96. The molecule has 20 heavy (non-hydrogen) atoms. The quantitative estimate of drug-likeness (QED) is 0.742. The van der Waals surface area contributed by atoms with Gasteiger partial charge in [0, 0.05) is 11.3 Å². The second-order valence-electron chi connectivity index (χ2n) is 4.35. The van der Waals surface area contributed by atoms with Crippen LogP contribution >= 0.6 is 11.5 Å². The van der Waals surface area contributed by atoms with Crippen LogP contribution in [0, 0.1) is 0 Å². The van der Waals surface area contributed by atoms with Gasteiger partial charge in [0.25, 0.3) is 5.89 Å². The summed E-state index contributed by atoms with van der Waals surface area (Å²) < 4.78 is 9.28. The minimum atomic E-state index is 0.459. The Kier molecular flexibility index (Phi) is 3.42. The van der Waals surface area contributed by atoms with Gasteiger partial charge >= 0.3 is 0 Å². The number of nitrogens with zero attached hydrogens (tertiary/aromatic N) is 4. The van der Waals surface area contributed by atoms with Gasteiger partial charge in [-0.15, -0.1) is 5.10 Å². The molecule has 0 saturated carbocycles. The van der Waals surface area contributed by atoms with Crippen molar-refractivity contribution in [2.24, 2.45) is 0 Å². The van der Waals surface area contributed by atoms with Crippen molar-refractivity contribution in [1.82, 2.24) is 19.7 Å². The second kappa shape index (κ2) is 5.38. The fourth-order valence-electron chi connectivity index (χ4n) is 1.88. The number of aryl methyl sites for hydroxylation is 1. The zero-order valence-electron chi connectivity index (χ0n) is 10.9. The number of hydrogen-bond acceptors (Lipinski definition) is 7. The lowest BCUT2D eigenvalue weighted by Gasteiger charge is -1.95. The van der Waals surface area contributed by atoms with E-state index >= 15 is 0 Å². The molecule has 2 N–H and O–H groups in total. The third kappa shape index (κ3) is 2.39. The first kappa shape index (κ1) is 12.7. The Morgan fingerprint density at radius 2 is 2.25 bits per heavy atom. The monoisotopic (exact) mass is 287 g/mol. The van der Waals surface area contributed by atoms with Crippen molar-refractivity contribution in [3.8, 4) is 22.2 Å². The van der Waals surface area contributed by atoms with E-state index < -0.39 is 0 Å². The lowest BCUT2D eigenvalue weighted by atomic mass is 10.2. The molecular weight excluding hydrogens is 274 g/mol. The first-order valence-corrected chi connectivity index (χ1v) is 7.06. The zero-order chi connectivity index (χ0) is 13.9. The fourth-order valence-corrected chi connectivity index (χ4v) is 2.51. The van der Waals surface area contributed by atoms with Gasteiger partial charge in [0.1, 0.15) is 4.88 Å². The minimum absolute atomic E-state index is 0.459. The summed E-state index contributed by atoms with van der Waals surface area (Å²) in [5, 5.41) is 8.09. The number of nitrogens with two attached hydrogens (primary N) is 1. The third-order valence-electron chi connectivity index (χ3n) is 2.81. The Morgan fingerprint density at radius 3 is 3.05 bits per heavy atom. The summed E-state index contributed by atoms with van der Waals surface area (Å²) in [5.41, 5.74) is 8.15. The molecular formula is C13H13N5OS. The van der Waals surface area contributed by atoms with Crippen molar-refractivity contribution >= 4 is 17.2 Å². The lowest BCUT2D eigenvalue weighted by molar-refractivity contribution is 0.432. The number of nitrogen functional groups attached to an aromatic ring is 1. The molecule has 0 unspecified atom stereocenters. The van der Waals surface area contributed by atoms with E-state index in [1.165, 1.54) is 11.5 Å². The summed E-state index contributed by atoms with van der Waals surface area (Å²) in [6.07, 6.45) is 1.84. The average Bonchev–Trinajstić information content (AvgIpc) is 3.07. The second-order valence-corrected chi connectivity index (χ2v) is 5.10.